The highest BCUT2D eigenvalue weighted by Gasteiger charge is 2.08. The molecule has 0 spiro atoms. The number of nitrogen functional groups attached to an aromatic ring is 1. The van der Waals surface area contributed by atoms with Gasteiger partial charge in [-0.2, -0.15) is 0 Å². The van der Waals surface area contributed by atoms with Crippen molar-refractivity contribution in [3.63, 3.8) is 0 Å². The number of aromatic nitrogens is 2. The van der Waals surface area contributed by atoms with Gasteiger partial charge in [0, 0.05) is 20.2 Å². The van der Waals surface area contributed by atoms with Gasteiger partial charge in [-0.05, 0) is 6.92 Å². The molecule has 0 saturated heterocycles. The van der Waals surface area contributed by atoms with Gasteiger partial charge in [0.05, 0.1) is 6.61 Å². The van der Waals surface area contributed by atoms with Crippen LogP contribution < -0.4 is 10.6 Å². The molecule has 74 valence electrons. The fraction of sp³-hybridized carbons (Fsp3) is 0.714. The lowest BCUT2D eigenvalue weighted by atomic mass is 10.5. The molecule has 0 aliphatic rings. The Kier molecular flexibility index (Phi) is 3.91. The van der Waals surface area contributed by atoms with Gasteiger partial charge in [0.15, 0.2) is 0 Å². The first kappa shape index (κ1) is 10.2. The van der Waals surface area contributed by atoms with E-state index in [2.05, 4.69) is 22.0 Å². The van der Waals surface area contributed by atoms with Crippen molar-refractivity contribution >= 4 is 21.6 Å². The average molecular weight is 202 g/mol. The number of ether oxygens (including phenoxy) is 1. The Balaban J connectivity index is 2.56. The van der Waals surface area contributed by atoms with Crippen LogP contribution in [0.4, 0.5) is 10.3 Å². The fourth-order valence-electron chi connectivity index (χ4n) is 0.945. The highest BCUT2D eigenvalue weighted by molar-refractivity contribution is 7.18. The first-order valence-electron chi connectivity index (χ1n) is 4.10. The highest BCUT2D eigenvalue weighted by atomic mass is 32.1. The summed E-state index contributed by atoms with van der Waals surface area (Å²) < 4.78 is 4.99. The molecule has 1 rings (SSSR count). The third-order valence-electron chi connectivity index (χ3n) is 1.65. The Morgan fingerprint density at radius 2 is 2.31 bits per heavy atom. The number of likely N-dealkylation sites (N-methyl/N-ethyl adjacent to an activating group) is 1. The van der Waals surface area contributed by atoms with Crippen molar-refractivity contribution in [2.24, 2.45) is 0 Å². The van der Waals surface area contributed by atoms with Crippen LogP contribution in [0.5, 0.6) is 0 Å². The third-order valence-corrected chi connectivity index (χ3v) is 2.46. The Morgan fingerprint density at radius 1 is 1.54 bits per heavy atom. The third kappa shape index (κ3) is 2.82. The molecule has 0 atom stereocenters. The average Bonchev–Trinajstić information content (AvgIpc) is 2.54. The smallest absolute Gasteiger partial charge is 0.210 e. The van der Waals surface area contributed by atoms with Gasteiger partial charge >= 0.3 is 0 Å². The number of hydrogen-bond acceptors (Lipinski definition) is 6. The van der Waals surface area contributed by atoms with Crippen molar-refractivity contribution in [2.75, 3.05) is 37.4 Å². The molecule has 0 unspecified atom stereocenters. The molecule has 0 saturated carbocycles. The van der Waals surface area contributed by atoms with E-state index >= 15 is 0 Å². The maximum atomic E-state index is 5.49. The van der Waals surface area contributed by atoms with Crippen LogP contribution in [0.3, 0.4) is 0 Å². The second kappa shape index (κ2) is 4.98. The molecular weight excluding hydrogens is 188 g/mol. The number of hydrogen-bond donors (Lipinski definition) is 1. The molecule has 0 aromatic carbocycles. The molecule has 0 aliphatic carbocycles. The lowest BCUT2D eigenvalue weighted by molar-refractivity contribution is 0.205. The molecule has 1 heterocycles. The summed E-state index contributed by atoms with van der Waals surface area (Å²) in [6.45, 7) is 4.46. The molecule has 5 nitrogen and oxygen atoms in total. The van der Waals surface area contributed by atoms with Crippen LogP contribution in [0, 0.1) is 0 Å². The van der Waals surface area contributed by atoms with Crippen LogP contribution in [0.2, 0.25) is 0 Å². The van der Waals surface area contributed by atoms with E-state index in [0.717, 1.165) is 18.2 Å². The van der Waals surface area contributed by atoms with Gasteiger partial charge in [-0.1, -0.05) is 11.3 Å². The van der Waals surface area contributed by atoms with Gasteiger partial charge in [0.25, 0.3) is 0 Å². The minimum Gasteiger partial charge on any atom is -0.383 e. The molecule has 1 aromatic heterocycles. The lowest BCUT2D eigenvalue weighted by Gasteiger charge is -2.17. The molecule has 0 aliphatic heterocycles. The molecule has 6 heteroatoms. The van der Waals surface area contributed by atoms with E-state index in [4.69, 9.17) is 10.5 Å². The Hall–Kier alpha value is -0.880. The van der Waals surface area contributed by atoms with Gasteiger partial charge in [0.1, 0.15) is 0 Å². The van der Waals surface area contributed by atoms with Crippen molar-refractivity contribution in [3.8, 4) is 0 Å². The molecular formula is C7H14N4OS. The minimum absolute atomic E-state index is 0.505. The van der Waals surface area contributed by atoms with E-state index < -0.39 is 0 Å². The van der Waals surface area contributed by atoms with Crippen LogP contribution >= 0.6 is 11.3 Å². The number of nitrogens with zero attached hydrogens (tertiary/aromatic N) is 3. The minimum atomic E-state index is 0.505. The predicted octanol–water partition coefficient (Wildman–Crippen LogP) is 0.593. The van der Waals surface area contributed by atoms with E-state index in [1.807, 2.05) is 0 Å². The fourth-order valence-corrected chi connectivity index (χ4v) is 1.64. The zero-order chi connectivity index (χ0) is 9.68. The molecule has 0 fully saturated rings. The van der Waals surface area contributed by atoms with Gasteiger partial charge < -0.3 is 15.4 Å². The van der Waals surface area contributed by atoms with E-state index in [1.54, 1.807) is 7.11 Å². The summed E-state index contributed by atoms with van der Waals surface area (Å²) >= 11 is 1.40. The Bertz CT molecular complexity index is 252. The summed E-state index contributed by atoms with van der Waals surface area (Å²) in [7, 11) is 1.68. The second-order valence-corrected chi connectivity index (χ2v) is 3.48. The summed E-state index contributed by atoms with van der Waals surface area (Å²) in [4.78, 5) is 2.08. The summed E-state index contributed by atoms with van der Waals surface area (Å²) in [5.74, 6) is 0. The lowest BCUT2D eigenvalue weighted by Crippen LogP contribution is -2.26. The number of anilines is 2. The van der Waals surface area contributed by atoms with Gasteiger partial charge in [-0.15, -0.1) is 10.2 Å². The molecule has 2 N–H and O–H groups in total. The zero-order valence-corrected chi connectivity index (χ0v) is 8.67. The normalized spacial score (nSPS) is 10.3. The van der Waals surface area contributed by atoms with Crippen molar-refractivity contribution in [2.45, 2.75) is 6.92 Å². The van der Waals surface area contributed by atoms with E-state index in [9.17, 15) is 0 Å². The first-order chi connectivity index (χ1) is 6.27. The second-order valence-electron chi connectivity index (χ2n) is 2.50. The standard InChI is InChI=1S/C7H14N4OS/c1-3-11(4-5-12-2)7-10-9-6(8)13-7/h3-5H2,1-2H3,(H2,8,9). The van der Waals surface area contributed by atoms with Crippen molar-refractivity contribution in [1.82, 2.24) is 10.2 Å². The van der Waals surface area contributed by atoms with Gasteiger partial charge in [-0.25, -0.2) is 0 Å². The number of nitrogens with two attached hydrogens (primary N) is 1. The number of methoxy groups -OCH3 is 1. The molecule has 13 heavy (non-hydrogen) atoms. The van der Waals surface area contributed by atoms with Crippen LogP contribution in [0.15, 0.2) is 0 Å². The van der Waals surface area contributed by atoms with Crippen molar-refractivity contribution < 1.29 is 4.74 Å². The Morgan fingerprint density at radius 3 is 2.77 bits per heavy atom. The van der Waals surface area contributed by atoms with Gasteiger partial charge in [-0.3, -0.25) is 0 Å². The molecule has 1 aromatic rings. The topological polar surface area (TPSA) is 64.3 Å². The molecule has 0 radical (unpaired) electrons. The monoisotopic (exact) mass is 202 g/mol. The van der Waals surface area contributed by atoms with Crippen LogP contribution in [-0.4, -0.2) is 37.0 Å². The van der Waals surface area contributed by atoms with Crippen molar-refractivity contribution in [1.29, 1.82) is 0 Å². The largest absolute Gasteiger partial charge is 0.383 e. The molecule has 0 bridgehead atoms. The molecule has 0 amide bonds. The van der Waals surface area contributed by atoms with Crippen molar-refractivity contribution in [3.05, 3.63) is 0 Å². The predicted molar refractivity (Wildman–Crippen MR) is 54.1 cm³/mol. The summed E-state index contributed by atoms with van der Waals surface area (Å²) in [5.41, 5.74) is 5.49. The summed E-state index contributed by atoms with van der Waals surface area (Å²) in [6.07, 6.45) is 0. The number of rotatable bonds is 5. The van der Waals surface area contributed by atoms with E-state index in [0.29, 0.717) is 11.7 Å². The quantitative estimate of drug-likeness (QED) is 0.757. The zero-order valence-electron chi connectivity index (χ0n) is 7.86. The maximum absolute atomic E-state index is 5.49. The van der Waals surface area contributed by atoms with E-state index in [1.165, 1.54) is 11.3 Å². The van der Waals surface area contributed by atoms with Crippen LogP contribution in [0.1, 0.15) is 6.92 Å². The van der Waals surface area contributed by atoms with E-state index in [-0.39, 0.29) is 0 Å². The van der Waals surface area contributed by atoms with Crippen LogP contribution in [0.25, 0.3) is 0 Å². The van der Waals surface area contributed by atoms with Gasteiger partial charge in [0.2, 0.25) is 10.3 Å². The summed E-state index contributed by atoms with van der Waals surface area (Å²) in [5, 5.41) is 9.07. The van der Waals surface area contributed by atoms with Crippen LogP contribution in [-0.2, 0) is 4.74 Å². The Labute approximate surface area is 81.5 Å². The SMILES string of the molecule is CCN(CCOC)c1nnc(N)s1. The highest BCUT2D eigenvalue weighted by Crippen LogP contribution is 2.20. The first-order valence-corrected chi connectivity index (χ1v) is 4.92. The maximum Gasteiger partial charge on any atom is 0.210 e. The summed E-state index contributed by atoms with van der Waals surface area (Å²) in [6, 6.07) is 0.